The Morgan fingerprint density at radius 3 is 2.88 bits per heavy atom. The molecule has 17 heavy (non-hydrogen) atoms. The number of furan rings is 1. The Labute approximate surface area is 100 Å². The first kappa shape index (κ1) is 11.5. The number of ether oxygens (including phenoxy) is 1. The predicted molar refractivity (Wildman–Crippen MR) is 66.7 cm³/mol. The van der Waals surface area contributed by atoms with Gasteiger partial charge < -0.3 is 20.2 Å². The van der Waals surface area contributed by atoms with Crippen molar-refractivity contribution >= 4 is 5.69 Å². The van der Waals surface area contributed by atoms with Gasteiger partial charge in [-0.15, -0.1) is 0 Å². The highest BCUT2D eigenvalue weighted by molar-refractivity contribution is 5.48. The van der Waals surface area contributed by atoms with E-state index >= 15 is 0 Å². The number of anilines is 1. The van der Waals surface area contributed by atoms with Crippen LogP contribution in [0.5, 0.6) is 5.75 Å². The van der Waals surface area contributed by atoms with Gasteiger partial charge in [-0.25, -0.2) is 0 Å². The summed E-state index contributed by atoms with van der Waals surface area (Å²) in [6.45, 7) is 1.50. The van der Waals surface area contributed by atoms with E-state index in [0.29, 0.717) is 5.69 Å². The van der Waals surface area contributed by atoms with Crippen LogP contribution in [0.2, 0.25) is 0 Å². The molecule has 4 heteroatoms. The van der Waals surface area contributed by atoms with Crippen molar-refractivity contribution in [1.82, 2.24) is 5.32 Å². The molecule has 0 aliphatic carbocycles. The number of hydrogen-bond donors (Lipinski definition) is 2. The molecular weight excluding hydrogens is 216 g/mol. The van der Waals surface area contributed by atoms with E-state index in [9.17, 15) is 0 Å². The normalized spacial score (nSPS) is 10.4. The molecule has 0 atom stereocenters. The zero-order valence-corrected chi connectivity index (χ0v) is 9.77. The van der Waals surface area contributed by atoms with Crippen molar-refractivity contribution < 1.29 is 9.15 Å². The van der Waals surface area contributed by atoms with Gasteiger partial charge in [0, 0.05) is 36.0 Å². The fourth-order valence-corrected chi connectivity index (χ4v) is 1.64. The SMILES string of the molecule is COc1cc(N)ccc1CNCc1ccoc1. The topological polar surface area (TPSA) is 60.4 Å². The van der Waals surface area contributed by atoms with E-state index in [1.165, 1.54) is 0 Å². The number of rotatable bonds is 5. The minimum absolute atomic E-state index is 0.709. The maximum absolute atomic E-state index is 5.70. The molecule has 0 fully saturated rings. The van der Waals surface area contributed by atoms with Crippen molar-refractivity contribution in [1.29, 1.82) is 0 Å². The molecule has 0 amide bonds. The standard InChI is InChI=1S/C13H16N2O2/c1-16-13-6-12(14)3-2-11(13)8-15-7-10-4-5-17-9-10/h2-6,9,15H,7-8,14H2,1H3. The predicted octanol–water partition coefficient (Wildman–Crippen LogP) is 2.16. The van der Waals surface area contributed by atoms with E-state index in [2.05, 4.69) is 5.32 Å². The number of methoxy groups -OCH3 is 1. The van der Waals surface area contributed by atoms with Crippen LogP contribution >= 0.6 is 0 Å². The van der Waals surface area contributed by atoms with Crippen molar-refractivity contribution in [3.8, 4) is 5.75 Å². The molecule has 0 radical (unpaired) electrons. The van der Waals surface area contributed by atoms with Crippen molar-refractivity contribution in [2.75, 3.05) is 12.8 Å². The van der Waals surface area contributed by atoms with Gasteiger partial charge in [-0.3, -0.25) is 0 Å². The van der Waals surface area contributed by atoms with Crippen LogP contribution in [0.4, 0.5) is 5.69 Å². The van der Waals surface area contributed by atoms with Crippen LogP contribution in [0.15, 0.2) is 41.2 Å². The lowest BCUT2D eigenvalue weighted by atomic mass is 10.1. The molecule has 90 valence electrons. The van der Waals surface area contributed by atoms with Gasteiger partial charge in [-0.05, 0) is 12.1 Å². The highest BCUT2D eigenvalue weighted by Crippen LogP contribution is 2.21. The lowest BCUT2D eigenvalue weighted by molar-refractivity contribution is 0.408. The highest BCUT2D eigenvalue weighted by atomic mass is 16.5. The summed E-state index contributed by atoms with van der Waals surface area (Å²) in [4.78, 5) is 0. The first-order chi connectivity index (χ1) is 8.29. The monoisotopic (exact) mass is 232 g/mol. The summed E-state index contributed by atoms with van der Waals surface area (Å²) in [5.41, 5.74) is 8.62. The van der Waals surface area contributed by atoms with Crippen LogP contribution in [0.25, 0.3) is 0 Å². The van der Waals surface area contributed by atoms with Crippen molar-refractivity contribution in [2.45, 2.75) is 13.1 Å². The van der Waals surface area contributed by atoms with Crippen molar-refractivity contribution in [2.24, 2.45) is 0 Å². The average molecular weight is 232 g/mol. The van der Waals surface area contributed by atoms with Crippen LogP contribution in [0, 0.1) is 0 Å². The maximum atomic E-state index is 5.70. The van der Waals surface area contributed by atoms with Gasteiger partial charge in [0.15, 0.2) is 0 Å². The molecule has 1 aromatic carbocycles. The second kappa shape index (κ2) is 5.41. The van der Waals surface area contributed by atoms with Gasteiger partial charge in [0.1, 0.15) is 5.75 Å². The molecule has 0 aliphatic rings. The molecule has 2 rings (SSSR count). The zero-order chi connectivity index (χ0) is 12.1. The first-order valence-corrected chi connectivity index (χ1v) is 5.44. The Kier molecular flexibility index (Phi) is 3.67. The fraction of sp³-hybridized carbons (Fsp3) is 0.231. The third-order valence-corrected chi connectivity index (χ3v) is 2.54. The van der Waals surface area contributed by atoms with Gasteiger partial charge >= 0.3 is 0 Å². The quantitative estimate of drug-likeness (QED) is 0.775. The Balaban J connectivity index is 1.94. The third-order valence-electron chi connectivity index (χ3n) is 2.54. The summed E-state index contributed by atoms with van der Waals surface area (Å²) < 4.78 is 10.3. The van der Waals surface area contributed by atoms with E-state index in [4.69, 9.17) is 14.9 Å². The number of benzene rings is 1. The Morgan fingerprint density at radius 1 is 1.29 bits per heavy atom. The molecule has 1 heterocycles. The summed E-state index contributed by atoms with van der Waals surface area (Å²) in [7, 11) is 1.65. The van der Waals surface area contributed by atoms with Crippen LogP contribution in [0.3, 0.4) is 0 Å². The molecule has 4 nitrogen and oxygen atoms in total. The van der Waals surface area contributed by atoms with Crippen LogP contribution in [0.1, 0.15) is 11.1 Å². The van der Waals surface area contributed by atoms with E-state index in [0.717, 1.165) is 30.0 Å². The zero-order valence-electron chi connectivity index (χ0n) is 9.77. The minimum Gasteiger partial charge on any atom is -0.496 e. The highest BCUT2D eigenvalue weighted by Gasteiger charge is 2.03. The second-order valence-corrected chi connectivity index (χ2v) is 3.81. The average Bonchev–Trinajstić information content (AvgIpc) is 2.84. The van der Waals surface area contributed by atoms with Crippen LogP contribution < -0.4 is 15.8 Å². The van der Waals surface area contributed by atoms with Gasteiger partial charge in [-0.2, -0.15) is 0 Å². The Bertz CT molecular complexity index is 466. The van der Waals surface area contributed by atoms with Gasteiger partial charge in [0.2, 0.25) is 0 Å². The Hall–Kier alpha value is -1.94. The molecule has 0 aliphatic heterocycles. The number of hydrogen-bond acceptors (Lipinski definition) is 4. The molecule has 0 spiro atoms. The molecule has 0 saturated carbocycles. The van der Waals surface area contributed by atoms with Gasteiger partial charge in [-0.1, -0.05) is 6.07 Å². The molecule has 0 saturated heterocycles. The largest absolute Gasteiger partial charge is 0.496 e. The molecule has 0 bridgehead atoms. The van der Waals surface area contributed by atoms with E-state index in [-0.39, 0.29) is 0 Å². The maximum Gasteiger partial charge on any atom is 0.125 e. The van der Waals surface area contributed by atoms with Crippen LogP contribution in [-0.2, 0) is 13.1 Å². The summed E-state index contributed by atoms with van der Waals surface area (Å²) in [5, 5.41) is 3.32. The second-order valence-electron chi connectivity index (χ2n) is 3.81. The lowest BCUT2D eigenvalue weighted by Crippen LogP contribution is -2.13. The Morgan fingerprint density at radius 2 is 2.18 bits per heavy atom. The summed E-state index contributed by atoms with van der Waals surface area (Å²) >= 11 is 0. The van der Waals surface area contributed by atoms with Gasteiger partial charge in [0.25, 0.3) is 0 Å². The van der Waals surface area contributed by atoms with Crippen molar-refractivity contribution in [3.63, 3.8) is 0 Å². The summed E-state index contributed by atoms with van der Waals surface area (Å²) in [6, 6.07) is 7.61. The fourth-order valence-electron chi connectivity index (χ4n) is 1.64. The van der Waals surface area contributed by atoms with Crippen molar-refractivity contribution in [3.05, 3.63) is 47.9 Å². The molecular formula is C13H16N2O2. The van der Waals surface area contributed by atoms with Crippen LogP contribution in [-0.4, -0.2) is 7.11 Å². The number of nitrogens with two attached hydrogens (primary N) is 1. The van der Waals surface area contributed by atoms with E-state index in [1.807, 2.05) is 24.3 Å². The van der Waals surface area contributed by atoms with E-state index < -0.39 is 0 Å². The number of nitrogen functional groups attached to an aromatic ring is 1. The smallest absolute Gasteiger partial charge is 0.125 e. The first-order valence-electron chi connectivity index (χ1n) is 5.44. The molecule has 0 unspecified atom stereocenters. The number of nitrogens with one attached hydrogen (secondary N) is 1. The third kappa shape index (κ3) is 3.01. The van der Waals surface area contributed by atoms with E-state index in [1.54, 1.807) is 19.6 Å². The molecule has 2 aromatic rings. The molecule has 3 N–H and O–H groups in total. The minimum atomic E-state index is 0.709. The molecule has 1 aromatic heterocycles. The summed E-state index contributed by atoms with van der Waals surface area (Å²) in [6.07, 6.45) is 3.40. The summed E-state index contributed by atoms with van der Waals surface area (Å²) in [5.74, 6) is 0.810. The van der Waals surface area contributed by atoms with Gasteiger partial charge in [0.05, 0.1) is 19.6 Å². The lowest BCUT2D eigenvalue weighted by Gasteiger charge is -2.09.